The predicted molar refractivity (Wildman–Crippen MR) is 72.5 cm³/mol. The second kappa shape index (κ2) is 4.18. The average Bonchev–Trinajstić information content (AvgIpc) is 2.55. The zero-order valence-electron chi connectivity index (χ0n) is 8.96. The van der Waals surface area contributed by atoms with E-state index < -0.39 is 0 Å². The van der Waals surface area contributed by atoms with Gasteiger partial charge in [0.25, 0.3) is 0 Å². The van der Waals surface area contributed by atoms with E-state index in [2.05, 4.69) is 28.6 Å². The number of allylic oxidation sites excluding steroid dienone is 2. The van der Waals surface area contributed by atoms with Crippen molar-refractivity contribution in [3.05, 3.63) is 46.5 Å². The zero-order valence-corrected chi connectivity index (χ0v) is 10.5. The molecule has 0 aliphatic heterocycles. The van der Waals surface area contributed by atoms with Gasteiger partial charge < -0.3 is 10.2 Å². The van der Waals surface area contributed by atoms with Crippen LogP contribution in [0.15, 0.2) is 39.8 Å². The fourth-order valence-electron chi connectivity index (χ4n) is 1.60. The lowest BCUT2D eigenvalue weighted by atomic mass is 10.1. The van der Waals surface area contributed by atoms with Crippen LogP contribution < -0.4 is 5.73 Å². The van der Waals surface area contributed by atoms with E-state index in [4.69, 9.17) is 10.2 Å². The van der Waals surface area contributed by atoms with E-state index in [1.54, 1.807) is 6.08 Å². The molecule has 0 amide bonds. The Bertz CT molecular complexity index is 581. The van der Waals surface area contributed by atoms with Gasteiger partial charge in [0.1, 0.15) is 5.58 Å². The van der Waals surface area contributed by atoms with Gasteiger partial charge in [0, 0.05) is 15.4 Å². The van der Waals surface area contributed by atoms with Crippen molar-refractivity contribution < 1.29 is 4.42 Å². The molecule has 2 N–H and O–H groups in total. The molecule has 0 saturated carbocycles. The Morgan fingerprint density at radius 3 is 2.94 bits per heavy atom. The summed E-state index contributed by atoms with van der Waals surface area (Å²) in [5.74, 6) is 0.430. The third-order valence-electron chi connectivity index (χ3n) is 2.39. The van der Waals surface area contributed by atoms with E-state index in [1.165, 1.54) is 5.56 Å². The Morgan fingerprint density at radius 2 is 2.25 bits per heavy atom. The number of furan rings is 1. The van der Waals surface area contributed by atoms with Crippen LogP contribution in [0.25, 0.3) is 17.0 Å². The summed E-state index contributed by atoms with van der Waals surface area (Å²) in [4.78, 5) is 0. The molecule has 3 heteroatoms. The second-order valence-electron chi connectivity index (χ2n) is 3.61. The number of rotatable bonds is 2. The molecule has 0 fully saturated rings. The van der Waals surface area contributed by atoms with Gasteiger partial charge in [-0.25, -0.2) is 0 Å². The third-order valence-corrected chi connectivity index (χ3v) is 2.94. The summed E-state index contributed by atoms with van der Waals surface area (Å²) in [7, 11) is 0. The lowest BCUT2D eigenvalue weighted by Gasteiger charge is -1.94. The zero-order chi connectivity index (χ0) is 11.7. The van der Waals surface area contributed by atoms with Crippen LogP contribution >= 0.6 is 15.9 Å². The third kappa shape index (κ3) is 1.91. The van der Waals surface area contributed by atoms with Crippen molar-refractivity contribution in [1.29, 1.82) is 0 Å². The number of nitrogens with two attached hydrogens (primary N) is 1. The van der Waals surface area contributed by atoms with Crippen LogP contribution in [0.3, 0.4) is 0 Å². The van der Waals surface area contributed by atoms with Gasteiger partial charge in [0.2, 0.25) is 0 Å². The first-order valence-corrected chi connectivity index (χ1v) is 5.69. The minimum Gasteiger partial charge on any atom is -0.440 e. The van der Waals surface area contributed by atoms with Gasteiger partial charge in [-0.2, -0.15) is 0 Å². The maximum Gasteiger partial charge on any atom is 0.198 e. The molecule has 16 heavy (non-hydrogen) atoms. The van der Waals surface area contributed by atoms with Crippen LogP contribution in [-0.2, 0) is 0 Å². The Labute approximate surface area is 103 Å². The molecular weight excluding hydrogens is 266 g/mol. The standard InChI is InChI=1S/C13H12BrNO/c1-3-9(14)7-11-10-6-8(2)4-5-12(10)16-13(11)15/h3-7H,1,15H2,2H3/b9-7+. The van der Waals surface area contributed by atoms with E-state index in [0.29, 0.717) is 5.88 Å². The molecular formula is C13H12BrNO. The van der Waals surface area contributed by atoms with Crippen molar-refractivity contribution >= 4 is 38.9 Å². The number of aryl methyl sites for hydroxylation is 1. The Kier molecular flexibility index (Phi) is 2.88. The Morgan fingerprint density at radius 1 is 1.50 bits per heavy atom. The fraction of sp³-hybridized carbons (Fsp3) is 0.0769. The maximum atomic E-state index is 5.84. The van der Waals surface area contributed by atoms with E-state index in [9.17, 15) is 0 Å². The summed E-state index contributed by atoms with van der Waals surface area (Å²) >= 11 is 3.38. The summed E-state index contributed by atoms with van der Waals surface area (Å²) in [6.07, 6.45) is 3.63. The van der Waals surface area contributed by atoms with Crippen molar-refractivity contribution in [2.75, 3.05) is 5.73 Å². The van der Waals surface area contributed by atoms with Crippen molar-refractivity contribution in [3.63, 3.8) is 0 Å². The molecule has 0 aliphatic carbocycles. The molecule has 0 atom stereocenters. The summed E-state index contributed by atoms with van der Waals surface area (Å²) in [6, 6.07) is 5.99. The Balaban J connectivity index is 2.72. The molecule has 0 spiro atoms. The van der Waals surface area contributed by atoms with E-state index in [0.717, 1.165) is 21.0 Å². The van der Waals surface area contributed by atoms with Crippen LogP contribution in [0.4, 0.5) is 5.88 Å². The van der Waals surface area contributed by atoms with Gasteiger partial charge in [-0.15, -0.1) is 0 Å². The van der Waals surface area contributed by atoms with E-state index >= 15 is 0 Å². The number of hydrogen-bond donors (Lipinski definition) is 1. The highest BCUT2D eigenvalue weighted by Crippen LogP contribution is 2.31. The molecule has 0 saturated heterocycles. The molecule has 2 rings (SSSR count). The summed E-state index contributed by atoms with van der Waals surface area (Å²) < 4.78 is 6.36. The van der Waals surface area contributed by atoms with Gasteiger partial charge in [-0.3, -0.25) is 0 Å². The highest BCUT2D eigenvalue weighted by Gasteiger charge is 2.09. The molecule has 1 heterocycles. The van der Waals surface area contributed by atoms with Crippen LogP contribution in [0.5, 0.6) is 0 Å². The first kappa shape index (κ1) is 11.0. The molecule has 1 aromatic carbocycles. The smallest absolute Gasteiger partial charge is 0.198 e. The molecule has 0 bridgehead atoms. The van der Waals surface area contributed by atoms with Gasteiger partial charge >= 0.3 is 0 Å². The quantitative estimate of drug-likeness (QED) is 0.834. The monoisotopic (exact) mass is 277 g/mol. The molecule has 2 aromatic rings. The fourth-order valence-corrected chi connectivity index (χ4v) is 1.82. The molecule has 0 aliphatic rings. The van der Waals surface area contributed by atoms with Gasteiger partial charge in [0.05, 0.1) is 0 Å². The minimum absolute atomic E-state index is 0.430. The number of hydrogen-bond acceptors (Lipinski definition) is 2. The highest BCUT2D eigenvalue weighted by atomic mass is 79.9. The SMILES string of the molecule is C=C/C(Br)=C\c1c(N)oc2ccc(C)cc12. The normalized spacial score (nSPS) is 12.0. The summed E-state index contributed by atoms with van der Waals surface area (Å²) in [5, 5.41) is 1.02. The predicted octanol–water partition coefficient (Wildman–Crippen LogP) is 4.25. The number of nitrogen functional groups attached to an aromatic ring is 1. The minimum atomic E-state index is 0.430. The van der Waals surface area contributed by atoms with Crippen LogP contribution in [0.2, 0.25) is 0 Å². The summed E-state index contributed by atoms with van der Waals surface area (Å²) in [6.45, 7) is 5.72. The average molecular weight is 278 g/mol. The van der Waals surface area contributed by atoms with E-state index in [1.807, 2.05) is 25.1 Å². The van der Waals surface area contributed by atoms with E-state index in [-0.39, 0.29) is 0 Å². The van der Waals surface area contributed by atoms with Crippen molar-refractivity contribution in [2.24, 2.45) is 0 Å². The first-order valence-electron chi connectivity index (χ1n) is 4.90. The van der Waals surface area contributed by atoms with Gasteiger partial charge in [0.15, 0.2) is 5.88 Å². The van der Waals surface area contributed by atoms with Crippen molar-refractivity contribution in [3.8, 4) is 0 Å². The first-order chi connectivity index (χ1) is 7.61. The molecule has 1 aromatic heterocycles. The lowest BCUT2D eigenvalue weighted by molar-refractivity contribution is 0.636. The largest absolute Gasteiger partial charge is 0.440 e. The number of fused-ring (bicyclic) bond motifs is 1. The number of anilines is 1. The molecule has 0 radical (unpaired) electrons. The second-order valence-corrected chi connectivity index (χ2v) is 4.53. The summed E-state index contributed by atoms with van der Waals surface area (Å²) in [5.41, 5.74) is 8.72. The Hall–Kier alpha value is -1.48. The van der Waals surface area contributed by atoms with Crippen molar-refractivity contribution in [2.45, 2.75) is 6.92 Å². The van der Waals surface area contributed by atoms with Gasteiger partial charge in [-0.1, -0.05) is 40.2 Å². The highest BCUT2D eigenvalue weighted by molar-refractivity contribution is 9.12. The number of benzene rings is 1. The van der Waals surface area contributed by atoms with Crippen LogP contribution in [-0.4, -0.2) is 0 Å². The molecule has 82 valence electrons. The lowest BCUT2D eigenvalue weighted by Crippen LogP contribution is -1.83. The van der Waals surface area contributed by atoms with Crippen molar-refractivity contribution in [1.82, 2.24) is 0 Å². The van der Waals surface area contributed by atoms with Crippen LogP contribution in [0, 0.1) is 6.92 Å². The molecule has 2 nitrogen and oxygen atoms in total. The molecule has 0 unspecified atom stereocenters. The van der Waals surface area contributed by atoms with Gasteiger partial charge in [-0.05, 0) is 25.1 Å². The van der Waals surface area contributed by atoms with Crippen LogP contribution in [0.1, 0.15) is 11.1 Å². The maximum absolute atomic E-state index is 5.84. The topological polar surface area (TPSA) is 39.2 Å². The number of halogens is 1.